The Kier molecular flexibility index (Phi) is 4.40. The third kappa shape index (κ3) is 2.92. The van der Waals surface area contributed by atoms with Crippen molar-refractivity contribution < 1.29 is 14.3 Å². The number of rotatable bonds is 3. The molecule has 1 aromatic heterocycles. The Balaban J connectivity index is 2.11. The zero-order valence-corrected chi connectivity index (χ0v) is 14.1. The summed E-state index contributed by atoms with van der Waals surface area (Å²) in [5, 5.41) is 0. The first kappa shape index (κ1) is 16.3. The number of hydrogen-bond donors (Lipinski definition) is 1. The lowest BCUT2D eigenvalue weighted by Gasteiger charge is -2.25. The summed E-state index contributed by atoms with van der Waals surface area (Å²) in [5.41, 5.74) is 9.34. The Bertz CT molecular complexity index is 774. The fourth-order valence-electron chi connectivity index (χ4n) is 2.86. The molecular weight excluding hydrogens is 306 g/mol. The zero-order chi connectivity index (χ0) is 17.3. The van der Waals surface area contributed by atoms with E-state index in [9.17, 15) is 4.79 Å². The second-order valence-corrected chi connectivity index (χ2v) is 6.04. The van der Waals surface area contributed by atoms with E-state index < -0.39 is 0 Å². The van der Waals surface area contributed by atoms with E-state index >= 15 is 0 Å². The maximum absolute atomic E-state index is 12.4. The minimum atomic E-state index is -0.154. The van der Waals surface area contributed by atoms with Crippen LogP contribution in [-0.4, -0.2) is 49.6 Å². The number of aromatic nitrogens is 1. The van der Waals surface area contributed by atoms with Gasteiger partial charge in [-0.25, -0.2) is 4.98 Å². The first-order valence-electron chi connectivity index (χ1n) is 7.77. The minimum absolute atomic E-state index is 0.0345. The molecule has 0 radical (unpaired) electrons. The van der Waals surface area contributed by atoms with E-state index in [4.69, 9.17) is 15.2 Å². The summed E-state index contributed by atoms with van der Waals surface area (Å²) in [7, 11) is 4.91. The molecule has 1 aromatic carbocycles. The maximum atomic E-state index is 12.4. The molecule has 0 unspecified atom stereocenters. The first-order valence-corrected chi connectivity index (χ1v) is 7.77. The van der Waals surface area contributed by atoms with Gasteiger partial charge in [0.25, 0.3) is 5.91 Å². The van der Waals surface area contributed by atoms with Crippen LogP contribution in [0.5, 0.6) is 11.6 Å². The number of pyridine rings is 1. The monoisotopic (exact) mass is 327 g/mol. The van der Waals surface area contributed by atoms with Crippen LogP contribution in [0, 0.1) is 0 Å². The highest BCUT2D eigenvalue weighted by Gasteiger charge is 2.22. The summed E-state index contributed by atoms with van der Waals surface area (Å²) in [4.78, 5) is 18.2. The van der Waals surface area contributed by atoms with Crippen LogP contribution in [0.25, 0.3) is 11.1 Å². The maximum Gasteiger partial charge on any atom is 0.258 e. The van der Waals surface area contributed by atoms with Crippen molar-refractivity contribution in [3.05, 3.63) is 41.6 Å². The summed E-state index contributed by atoms with van der Waals surface area (Å²) in [5.74, 6) is 1.000. The summed E-state index contributed by atoms with van der Waals surface area (Å²) >= 11 is 0. The van der Waals surface area contributed by atoms with Crippen molar-refractivity contribution in [3.63, 3.8) is 0 Å². The highest BCUT2D eigenvalue weighted by molar-refractivity contribution is 5.97. The molecule has 2 heterocycles. The highest BCUT2D eigenvalue weighted by atomic mass is 16.5. The lowest BCUT2D eigenvalue weighted by atomic mass is 9.93. The predicted octanol–water partition coefficient (Wildman–Crippen LogP) is 1.72. The Morgan fingerprint density at radius 1 is 1.42 bits per heavy atom. The number of nitrogens with zero attached hydrogens (tertiary/aromatic N) is 2. The van der Waals surface area contributed by atoms with Crippen molar-refractivity contribution in [2.24, 2.45) is 5.73 Å². The second-order valence-electron chi connectivity index (χ2n) is 6.04. The van der Waals surface area contributed by atoms with E-state index in [1.54, 1.807) is 20.3 Å². The van der Waals surface area contributed by atoms with Gasteiger partial charge in [0.15, 0.2) is 0 Å². The third-order valence-electron chi connectivity index (χ3n) is 4.04. The molecule has 2 N–H and O–H groups in total. The molecule has 0 saturated heterocycles. The van der Waals surface area contributed by atoms with E-state index in [0.717, 1.165) is 28.9 Å². The molecule has 3 rings (SSSR count). The van der Waals surface area contributed by atoms with E-state index in [2.05, 4.69) is 4.98 Å². The fraction of sp³-hybridized carbons (Fsp3) is 0.333. The van der Waals surface area contributed by atoms with Gasteiger partial charge in [0.05, 0.1) is 7.11 Å². The smallest absolute Gasteiger partial charge is 0.258 e. The number of hydrogen-bond acceptors (Lipinski definition) is 5. The van der Waals surface area contributed by atoms with Crippen molar-refractivity contribution in [2.75, 3.05) is 27.8 Å². The standard InChI is InChI=1S/C18H21N3O3/c1-21(2)18(22)15-7-11(9-20-17(15)23-3)13-5-4-6-16-14(13)8-12(19)10-24-16/h4-7,9,12H,8,10,19H2,1-3H3/t12-/m0/s1. The molecule has 24 heavy (non-hydrogen) atoms. The van der Waals surface area contributed by atoms with Gasteiger partial charge in [-0.05, 0) is 24.1 Å². The quantitative estimate of drug-likeness (QED) is 0.929. The molecule has 6 heteroatoms. The van der Waals surface area contributed by atoms with Gasteiger partial charge in [-0.2, -0.15) is 0 Å². The van der Waals surface area contributed by atoms with Crippen molar-refractivity contribution in [2.45, 2.75) is 12.5 Å². The number of benzene rings is 1. The molecule has 1 aliphatic heterocycles. The molecule has 0 saturated carbocycles. The van der Waals surface area contributed by atoms with Gasteiger partial charge in [-0.3, -0.25) is 4.79 Å². The largest absolute Gasteiger partial charge is 0.492 e. The molecule has 0 bridgehead atoms. The van der Waals surface area contributed by atoms with E-state index in [1.807, 2.05) is 24.3 Å². The van der Waals surface area contributed by atoms with Gasteiger partial charge < -0.3 is 20.1 Å². The SMILES string of the molecule is COc1ncc(-c2cccc3c2C[C@H](N)CO3)cc1C(=O)N(C)C. The molecular formula is C18H21N3O3. The molecule has 126 valence electrons. The van der Waals surface area contributed by atoms with E-state index in [1.165, 1.54) is 12.0 Å². The van der Waals surface area contributed by atoms with Gasteiger partial charge in [0, 0.05) is 37.5 Å². The van der Waals surface area contributed by atoms with Crippen LogP contribution in [-0.2, 0) is 6.42 Å². The highest BCUT2D eigenvalue weighted by Crippen LogP contribution is 2.35. The van der Waals surface area contributed by atoms with E-state index in [-0.39, 0.29) is 11.9 Å². The summed E-state index contributed by atoms with van der Waals surface area (Å²) in [6, 6.07) is 7.64. The normalized spacial score (nSPS) is 16.1. The average Bonchev–Trinajstić information content (AvgIpc) is 2.59. The van der Waals surface area contributed by atoms with Crippen molar-refractivity contribution in [3.8, 4) is 22.8 Å². The number of carbonyl (C=O) groups excluding carboxylic acids is 1. The molecule has 0 fully saturated rings. The van der Waals surface area contributed by atoms with Gasteiger partial charge in [-0.15, -0.1) is 0 Å². The average molecular weight is 327 g/mol. The van der Waals surface area contributed by atoms with Gasteiger partial charge in [0.1, 0.15) is 17.9 Å². The summed E-state index contributed by atoms with van der Waals surface area (Å²) in [6.07, 6.45) is 2.44. The van der Waals surface area contributed by atoms with Crippen LogP contribution in [0.15, 0.2) is 30.5 Å². The number of methoxy groups -OCH3 is 1. The molecule has 0 aliphatic carbocycles. The van der Waals surface area contributed by atoms with Crippen LogP contribution in [0.1, 0.15) is 15.9 Å². The lowest BCUT2D eigenvalue weighted by molar-refractivity contribution is 0.0823. The Morgan fingerprint density at radius 3 is 2.92 bits per heavy atom. The third-order valence-corrected chi connectivity index (χ3v) is 4.04. The molecule has 6 nitrogen and oxygen atoms in total. The number of fused-ring (bicyclic) bond motifs is 1. The lowest BCUT2D eigenvalue weighted by Crippen LogP contribution is -2.34. The van der Waals surface area contributed by atoms with Crippen molar-refractivity contribution >= 4 is 5.91 Å². The number of nitrogens with two attached hydrogens (primary N) is 1. The zero-order valence-electron chi connectivity index (χ0n) is 14.1. The minimum Gasteiger partial charge on any atom is -0.492 e. The topological polar surface area (TPSA) is 77.7 Å². The Hall–Kier alpha value is -2.60. The molecule has 1 amide bonds. The summed E-state index contributed by atoms with van der Waals surface area (Å²) in [6.45, 7) is 0.516. The molecule has 0 spiro atoms. The van der Waals surface area contributed by atoms with Crippen molar-refractivity contribution in [1.29, 1.82) is 0 Å². The number of amides is 1. The molecule has 1 aliphatic rings. The first-order chi connectivity index (χ1) is 11.5. The van der Waals surface area contributed by atoms with Crippen LogP contribution in [0.2, 0.25) is 0 Å². The van der Waals surface area contributed by atoms with Gasteiger partial charge in [0.2, 0.25) is 5.88 Å². The van der Waals surface area contributed by atoms with Crippen LogP contribution >= 0.6 is 0 Å². The number of carbonyl (C=O) groups is 1. The Labute approximate surface area is 141 Å². The molecule has 2 aromatic rings. The second kappa shape index (κ2) is 6.49. The van der Waals surface area contributed by atoms with Gasteiger partial charge in [-0.1, -0.05) is 12.1 Å². The van der Waals surface area contributed by atoms with E-state index in [0.29, 0.717) is 18.1 Å². The van der Waals surface area contributed by atoms with Crippen LogP contribution in [0.3, 0.4) is 0 Å². The fourth-order valence-corrected chi connectivity index (χ4v) is 2.86. The van der Waals surface area contributed by atoms with Crippen molar-refractivity contribution in [1.82, 2.24) is 9.88 Å². The number of ether oxygens (including phenoxy) is 2. The molecule has 1 atom stereocenters. The summed E-state index contributed by atoms with van der Waals surface area (Å²) < 4.78 is 10.9. The van der Waals surface area contributed by atoms with Crippen LogP contribution < -0.4 is 15.2 Å². The Morgan fingerprint density at radius 2 is 2.21 bits per heavy atom. The predicted molar refractivity (Wildman–Crippen MR) is 91.4 cm³/mol. The van der Waals surface area contributed by atoms with Crippen LogP contribution in [0.4, 0.5) is 0 Å². The van der Waals surface area contributed by atoms with Gasteiger partial charge >= 0.3 is 0 Å².